The fraction of sp³-hybridized carbons (Fsp3) is 0.194. The maximum atomic E-state index is 14.4. The van der Waals surface area contributed by atoms with Crippen molar-refractivity contribution in [2.45, 2.75) is 45.4 Å². The van der Waals surface area contributed by atoms with E-state index in [0.29, 0.717) is 0 Å². The molecular formula is C36H35N2O5P. The number of nitrogens with zero attached hydrogens (tertiary/aromatic N) is 1. The first-order valence-electron chi connectivity index (χ1n) is 14.2. The summed E-state index contributed by atoms with van der Waals surface area (Å²) in [5.74, 6) is -1.39. The number of hydrogen-bond acceptors (Lipinski definition) is 6. The fourth-order valence-electron chi connectivity index (χ4n) is 4.87. The van der Waals surface area contributed by atoms with E-state index in [1.165, 1.54) is 0 Å². The summed E-state index contributed by atoms with van der Waals surface area (Å²) in [5.41, 5.74) is -0.0971. The van der Waals surface area contributed by atoms with Gasteiger partial charge in [-0.15, -0.1) is 0 Å². The second-order valence-corrected chi connectivity index (χ2v) is 14.4. The van der Waals surface area contributed by atoms with Crippen LogP contribution in [0, 0.1) is 11.3 Å². The maximum Gasteiger partial charge on any atom is 0.408 e. The van der Waals surface area contributed by atoms with Crippen molar-refractivity contribution in [2.75, 3.05) is 0 Å². The average Bonchev–Trinajstić information content (AvgIpc) is 3.03. The number of carbonyl (C=O) groups is 3. The second-order valence-electron chi connectivity index (χ2n) is 11.1. The van der Waals surface area contributed by atoms with Gasteiger partial charge in [-0.25, -0.2) is 9.59 Å². The van der Waals surface area contributed by atoms with E-state index in [9.17, 15) is 19.6 Å². The summed E-state index contributed by atoms with van der Waals surface area (Å²) >= 11 is 0. The Morgan fingerprint density at radius 3 is 1.59 bits per heavy atom. The highest BCUT2D eigenvalue weighted by Crippen LogP contribution is 2.46. The Kier molecular flexibility index (Phi) is 10.6. The highest BCUT2D eigenvalue weighted by atomic mass is 31.2. The molecule has 0 spiro atoms. The van der Waals surface area contributed by atoms with Crippen LogP contribution in [0.5, 0.6) is 0 Å². The van der Waals surface area contributed by atoms with Crippen molar-refractivity contribution in [2.24, 2.45) is 0 Å². The molecule has 0 aromatic heterocycles. The molecule has 44 heavy (non-hydrogen) atoms. The van der Waals surface area contributed by atoms with Crippen LogP contribution in [-0.2, 0) is 25.7 Å². The van der Waals surface area contributed by atoms with E-state index < -0.39 is 42.8 Å². The molecule has 8 heteroatoms. The predicted octanol–water partition coefficient (Wildman–Crippen LogP) is 5.27. The molecule has 0 unspecified atom stereocenters. The van der Waals surface area contributed by atoms with E-state index in [4.69, 9.17) is 9.47 Å². The molecule has 0 aliphatic heterocycles. The lowest BCUT2D eigenvalue weighted by Gasteiger charge is -2.30. The standard InChI is InChI=1S/C36H35N2O5P/c1-36(2,3)43-35(41)38-31(34(40)42-26-27-16-8-4-9-17-27)24-32(39)33(25-37)44(28-18-10-5-11-19-28,29-20-12-6-13-21-29)30-22-14-7-15-23-30/h4-23,31H,24,26H2,1-3H3,(H,38,41)/t31-/m0/s1. The van der Waals surface area contributed by atoms with Crippen LogP contribution in [0.1, 0.15) is 32.8 Å². The van der Waals surface area contributed by atoms with Gasteiger partial charge in [-0.1, -0.05) is 121 Å². The van der Waals surface area contributed by atoms with Crippen LogP contribution < -0.4 is 21.2 Å². The van der Waals surface area contributed by atoms with Crippen LogP contribution in [0.4, 0.5) is 4.79 Å². The topological polar surface area (TPSA) is 105 Å². The highest BCUT2D eigenvalue weighted by molar-refractivity contribution is 7.96. The molecule has 1 amide bonds. The Bertz CT molecular complexity index is 1570. The van der Waals surface area contributed by atoms with Crippen molar-refractivity contribution >= 4 is 45.9 Å². The van der Waals surface area contributed by atoms with Gasteiger partial charge < -0.3 is 14.8 Å². The molecule has 4 aromatic carbocycles. The number of amides is 1. The van der Waals surface area contributed by atoms with Gasteiger partial charge in [-0.05, 0) is 49.1 Å². The predicted molar refractivity (Wildman–Crippen MR) is 175 cm³/mol. The molecule has 0 bridgehead atoms. The fourth-order valence-corrected chi connectivity index (χ4v) is 9.01. The van der Waals surface area contributed by atoms with Crippen molar-refractivity contribution in [3.05, 3.63) is 127 Å². The van der Waals surface area contributed by atoms with E-state index in [1.807, 2.05) is 109 Å². The number of ketones is 1. The quantitative estimate of drug-likeness (QED) is 0.195. The number of alkyl carbamates (subject to hydrolysis) is 1. The first kappa shape index (κ1) is 32.0. The van der Waals surface area contributed by atoms with Gasteiger partial charge in [0.15, 0.2) is 5.78 Å². The third-order valence-electron chi connectivity index (χ3n) is 6.72. The Hall–Kier alpha value is -4.92. The largest absolute Gasteiger partial charge is 0.459 e. The maximum absolute atomic E-state index is 14.4. The molecule has 0 heterocycles. The van der Waals surface area contributed by atoms with Gasteiger partial charge in [0, 0.05) is 6.42 Å². The smallest absolute Gasteiger partial charge is 0.408 e. The lowest BCUT2D eigenvalue weighted by Crippen LogP contribution is -2.46. The number of benzene rings is 4. The number of ether oxygens (including phenoxy) is 2. The Morgan fingerprint density at radius 1 is 0.750 bits per heavy atom. The molecule has 0 saturated carbocycles. The minimum Gasteiger partial charge on any atom is -0.459 e. The SMILES string of the molecule is CC(C)(C)OC(=O)N[C@@H](CC(=O)C(C#N)=P(c1ccccc1)(c1ccccc1)c1ccccc1)C(=O)OCc1ccccc1. The van der Waals surface area contributed by atoms with E-state index in [-0.39, 0.29) is 11.9 Å². The monoisotopic (exact) mass is 606 g/mol. The first-order valence-corrected chi connectivity index (χ1v) is 16.0. The minimum atomic E-state index is -3.03. The van der Waals surface area contributed by atoms with Gasteiger partial charge in [-0.3, -0.25) is 4.79 Å². The number of esters is 1. The lowest BCUT2D eigenvalue weighted by molar-refractivity contribution is -0.148. The van der Waals surface area contributed by atoms with Gasteiger partial charge >= 0.3 is 12.1 Å². The summed E-state index contributed by atoms with van der Waals surface area (Å²) in [6.45, 7) is 2.01. The molecule has 0 saturated heterocycles. The summed E-state index contributed by atoms with van der Waals surface area (Å²) in [6.07, 6.45) is -1.37. The second kappa shape index (κ2) is 14.5. The molecule has 0 fully saturated rings. The van der Waals surface area contributed by atoms with E-state index >= 15 is 0 Å². The first-order chi connectivity index (χ1) is 21.1. The average molecular weight is 607 g/mol. The zero-order valence-corrected chi connectivity index (χ0v) is 25.9. The summed E-state index contributed by atoms with van der Waals surface area (Å²) in [4.78, 5) is 40.6. The summed E-state index contributed by atoms with van der Waals surface area (Å²) in [5, 5.41) is 15.7. The molecular weight excluding hydrogens is 571 g/mol. The molecule has 4 rings (SSSR count). The molecule has 1 atom stereocenters. The molecule has 0 aliphatic carbocycles. The zero-order valence-electron chi connectivity index (χ0n) is 25.0. The van der Waals surface area contributed by atoms with Gasteiger partial charge in [0.1, 0.15) is 29.6 Å². The normalized spacial score (nSPS) is 11.9. The Balaban J connectivity index is 1.84. The summed E-state index contributed by atoms with van der Waals surface area (Å²) in [6, 6.07) is 38.4. The van der Waals surface area contributed by atoms with Crippen LogP contribution in [-0.4, -0.2) is 34.8 Å². The highest BCUT2D eigenvalue weighted by Gasteiger charge is 2.36. The van der Waals surface area contributed by atoms with E-state index in [0.717, 1.165) is 21.5 Å². The number of carbonyl (C=O) groups excluding carboxylic acids is 3. The number of nitrogens with one attached hydrogen (secondary N) is 1. The van der Waals surface area contributed by atoms with Crippen molar-refractivity contribution in [3.63, 3.8) is 0 Å². The molecule has 7 nitrogen and oxygen atoms in total. The van der Waals surface area contributed by atoms with Crippen LogP contribution in [0.15, 0.2) is 121 Å². The van der Waals surface area contributed by atoms with Crippen molar-refractivity contribution < 1.29 is 23.9 Å². The van der Waals surface area contributed by atoms with E-state index in [2.05, 4.69) is 11.4 Å². The third kappa shape index (κ3) is 7.72. The summed E-state index contributed by atoms with van der Waals surface area (Å²) < 4.78 is 10.9. The van der Waals surface area contributed by atoms with Gasteiger partial charge in [0.05, 0.1) is 0 Å². The molecule has 0 aliphatic rings. The number of Topliss-reactive ketones (excluding diaryl/α,β-unsaturated/α-hetero) is 1. The summed E-state index contributed by atoms with van der Waals surface area (Å²) in [7, 11) is 0. The minimum absolute atomic E-state index is 0.00736. The number of rotatable bonds is 10. The molecule has 0 radical (unpaired) electrons. The van der Waals surface area contributed by atoms with Crippen molar-refractivity contribution in [3.8, 4) is 6.07 Å². The van der Waals surface area contributed by atoms with Crippen molar-refractivity contribution in [1.82, 2.24) is 5.32 Å². The van der Waals surface area contributed by atoms with Crippen LogP contribution in [0.3, 0.4) is 0 Å². The van der Waals surface area contributed by atoms with Gasteiger partial charge in [-0.2, -0.15) is 5.26 Å². The Morgan fingerprint density at radius 2 is 1.18 bits per heavy atom. The Labute approximate surface area is 258 Å². The van der Waals surface area contributed by atoms with Crippen LogP contribution >= 0.6 is 6.89 Å². The number of nitriles is 1. The van der Waals surface area contributed by atoms with E-state index in [1.54, 1.807) is 32.9 Å². The van der Waals surface area contributed by atoms with Gasteiger partial charge in [0.25, 0.3) is 0 Å². The van der Waals surface area contributed by atoms with Crippen LogP contribution in [0.25, 0.3) is 0 Å². The third-order valence-corrected chi connectivity index (χ3v) is 11.0. The van der Waals surface area contributed by atoms with Crippen molar-refractivity contribution in [1.29, 1.82) is 5.26 Å². The molecule has 1 N–H and O–H groups in total. The lowest BCUT2D eigenvalue weighted by atomic mass is 10.1. The number of hydrogen-bond donors (Lipinski definition) is 1. The molecule has 224 valence electrons. The molecule has 4 aromatic rings. The van der Waals surface area contributed by atoms with Crippen LogP contribution in [0.2, 0.25) is 0 Å². The van der Waals surface area contributed by atoms with Gasteiger partial charge in [0.2, 0.25) is 0 Å². The zero-order chi connectivity index (χ0) is 31.6.